The number of nitrogens with zero attached hydrogens (tertiary/aromatic N) is 2. The van der Waals surface area contributed by atoms with E-state index in [2.05, 4.69) is 41.0 Å². The number of aryl methyl sites for hydroxylation is 1. The van der Waals surface area contributed by atoms with Crippen molar-refractivity contribution in [1.29, 1.82) is 0 Å². The maximum absolute atomic E-state index is 10.3. The molecule has 0 aromatic heterocycles. The molecule has 1 fully saturated rings. The minimum Gasteiger partial charge on any atom is -0.489 e. The van der Waals surface area contributed by atoms with Gasteiger partial charge in [-0.05, 0) is 37.3 Å². The Labute approximate surface area is 164 Å². The van der Waals surface area contributed by atoms with Crippen LogP contribution in [0, 0.1) is 6.92 Å². The topological polar surface area (TPSA) is 35.9 Å². The number of hydrogen-bond donors (Lipinski definition) is 1. The maximum Gasteiger partial charge on any atom is 0.138 e. The minimum absolute atomic E-state index is 0.208. The third-order valence-corrected chi connectivity index (χ3v) is 5.10. The van der Waals surface area contributed by atoms with E-state index in [1.54, 1.807) is 18.2 Å². The predicted molar refractivity (Wildman–Crippen MR) is 108 cm³/mol. The van der Waals surface area contributed by atoms with Gasteiger partial charge in [0.25, 0.3) is 0 Å². The lowest BCUT2D eigenvalue weighted by Crippen LogP contribution is -2.49. The summed E-state index contributed by atoms with van der Waals surface area (Å²) in [6.07, 6.45) is -0.562. The van der Waals surface area contributed by atoms with Crippen molar-refractivity contribution in [2.75, 3.05) is 44.2 Å². The Balaban J connectivity index is 1.43. The largest absolute Gasteiger partial charge is 0.489 e. The van der Waals surface area contributed by atoms with Crippen molar-refractivity contribution in [3.8, 4) is 5.75 Å². The molecule has 1 N–H and O–H groups in total. The SMILES string of the molecule is Cc1ccc(N2CCN(C[C@@H](O)COc3ccc(Cl)cc3Cl)CC2)cc1. The molecular weight excluding hydrogens is 371 g/mol. The molecule has 0 saturated carbocycles. The van der Waals surface area contributed by atoms with E-state index in [0.717, 1.165) is 26.2 Å². The molecule has 6 heteroatoms. The van der Waals surface area contributed by atoms with Crippen molar-refractivity contribution in [3.63, 3.8) is 0 Å². The summed E-state index contributed by atoms with van der Waals surface area (Å²) in [4.78, 5) is 4.65. The second kappa shape index (κ2) is 8.96. The molecule has 2 aromatic rings. The van der Waals surface area contributed by atoms with Crippen LogP contribution in [0.3, 0.4) is 0 Å². The summed E-state index contributed by atoms with van der Waals surface area (Å²) in [6.45, 7) is 6.66. The molecule has 0 aliphatic carbocycles. The molecule has 4 nitrogen and oxygen atoms in total. The molecule has 3 rings (SSSR count). The minimum atomic E-state index is -0.562. The van der Waals surface area contributed by atoms with E-state index in [0.29, 0.717) is 22.3 Å². The van der Waals surface area contributed by atoms with Gasteiger partial charge in [0.05, 0.1) is 5.02 Å². The number of β-amino-alcohol motifs (C(OH)–C–C–N with tert-alkyl or cyclic N) is 1. The summed E-state index contributed by atoms with van der Waals surface area (Å²) < 4.78 is 5.62. The molecule has 0 bridgehead atoms. The van der Waals surface area contributed by atoms with Crippen LogP contribution in [-0.2, 0) is 0 Å². The Morgan fingerprint density at radius 3 is 2.38 bits per heavy atom. The lowest BCUT2D eigenvalue weighted by Gasteiger charge is -2.36. The highest BCUT2D eigenvalue weighted by Crippen LogP contribution is 2.27. The highest BCUT2D eigenvalue weighted by molar-refractivity contribution is 6.35. The first-order valence-corrected chi connectivity index (χ1v) is 9.57. The van der Waals surface area contributed by atoms with Gasteiger partial charge in [-0.2, -0.15) is 0 Å². The van der Waals surface area contributed by atoms with E-state index < -0.39 is 6.10 Å². The van der Waals surface area contributed by atoms with Crippen LogP contribution in [0.1, 0.15) is 5.56 Å². The van der Waals surface area contributed by atoms with Crippen LogP contribution in [0.25, 0.3) is 0 Å². The monoisotopic (exact) mass is 394 g/mol. The summed E-state index contributed by atoms with van der Waals surface area (Å²) in [5.74, 6) is 0.541. The van der Waals surface area contributed by atoms with Crippen molar-refractivity contribution in [3.05, 3.63) is 58.1 Å². The van der Waals surface area contributed by atoms with Crippen LogP contribution in [0.2, 0.25) is 10.0 Å². The van der Waals surface area contributed by atoms with Crippen molar-refractivity contribution in [1.82, 2.24) is 4.90 Å². The molecule has 0 unspecified atom stereocenters. The second-order valence-corrected chi connectivity index (χ2v) is 7.51. The quantitative estimate of drug-likeness (QED) is 0.806. The molecular formula is C20H24Cl2N2O2. The smallest absolute Gasteiger partial charge is 0.138 e. The van der Waals surface area contributed by atoms with Crippen molar-refractivity contribution >= 4 is 28.9 Å². The number of ether oxygens (including phenoxy) is 1. The highest BCUT2D eigenvalue weighted by Gasteiger charge is 2.20. The van der Waals surface area contributed by atoms with Crippen LogP contribution >= 0.6 is 23.2 Å². The molecule has 1 saturated heterocycles. The van der Waals surface area contributed by atoms with E-state index in [1.807, 2.05) is 0 Å². The van der Waals surface area contributed by atoms with Gasteiger partial charge < -0.3 is 14.7 Å². The first kappa shape index (κ1) is 19.3. The third-order valence-electron chi connectivity index (χ3n) is 4.57. The standard InChI is InChI=1S/C20H24Cl2N2O2/c1-15-2-5-17(6-3-15)24-10-8-23(9-11-24)13-18(25)14-26-20-7-4-16(21)12-19(20)22/h2-7,12,18,25H,8-11,13-14H2,1H3/t18-/m1/s1. The number of hydrogen-bond acceptors (Lipinski definition) is 4. The fourth-order valence-corrected chi connectivity index (χ4v) is 3.54. The Hall–Kier alpha value is -1.46. The van der Waals surface area contributed by atoms with Gasteiger partial charge in [0.2, 0.25) is 0 Å². The number of halogens is 2. The van der Waals surface area contributed by atoms with E-state index >= 15 is 0 Å². The van der Waals surface area contributed by atoms with Gasteiger partial charge >= 0.3 is 0 Å². The molecule has 0 amide bonds. The molecule has 1 aliphatic rings. The van der Waals surface area contributed by atoms with Crippen molar-refractivity contribution in [2.45, 2.75) is 13.0 Å². The average Bonchev–Trinajstić information content (AvgIpc) is 2.62. The summed E-state index contributed by atoms with van der Waals surface area (Å²) in [6, 6.07) is 13.7. The van der Waals surface area contributed by atoms with Gasteiger partial charge in [0.15, 0.2) is 0 Å². The van der Waals surface area contributed by atoms with Crippen LogP contribution in [-0.4, -0.2) is 55.4 Å². The molecule has 0 radical (unpaired) electrons. The van der Waals surface area contributed by atoms with Crippen molar-refractivity contribution < 1.29 is 9.84 Å². The fourth-order valence-electron chi connectivity index (χ4n) is 3.07. The normalized spacial score (nSPS) is 16.5. The van der Waals surface area contributed by atoms with E-state index in [9.17, 15) is 5.11 Å². The molecule has 1 aliphatic heterocycles. The average molecular weight is 395 g/mol. The summed E-state index contributed by atoms with van der Waals surface area (Å²) in [5.41, 5.74) is 2.54. The van der Waals surface area contributed by atoms with E-state index in [1.165, 1.54) is 11.3 Å². The first-order valence-electron chi connectivity index (χ1n) is 8.81. The maximum atomic E-state index is 10.3. The van der Waals surface area contributed by atoms with E-state index in [-0.39, 0.29) is 6.61 Å². The number of aliphatic hydroxyl groups is 1. The second-order valence-electron chi connectivity index (χ2n) is 6.66. The van der Waals surface area contributed by atoms with Gasteiger partial charge in [0.1, 0.15) is 18.5 Å². The van der Waals surface area contributed by atoms with Crippen molar-refractivity contribution in [2.24, 2.45) is 0 Å². The molecule has 140 valence electrons. The zero-order chi connectivity index (χ0) is 18.5. The van der Waals surface area contributed by atoms with Crippen LogP contribution < -0.4 is 9.64 Å². The number of anilines is 1. The first-order chi connectivity index (χ1) is 12.5. The Morgan fingerprint density at radius 1 is 1.04 bits per heavy atom. The Morgan fingerprint density at radius 2 is 1.73 bits per heavy atom. The molecule has 1 atom stereocenters. The molecule has 26 heavy (non-hydrogen) atoms. The molecule has 1 heterocycles. The number of rotatable bonds is 6. The predicted octanol–water partition coefficient (Wildman–Crippen LogP) is 3.86. The summed E-state index contributed by atoms with van der Waals surface area (Å²) in [7, 11) is 0. The zero-order valence-corrected chi connectivity index (χ0v) is 16.4. The number of aliphatic hydroxyl groups excluding tert-OH is 1. The van der Waals surface area contributed by atoms with Crippen LogP contribution in [0.5, 0.6) is 5.75 Å². The number of piperazine rings is 1. The van der Waals surface area contributed by atoms with Gasteiger partial charge in [-0.15, -0.1) is 0 Å². The lowest BCUT2D eigenvalue weighted by atomic mass is 10.2. The Bertz CT molecular complexity index is 716. The van der Waals surface area contributed by atoms with Crippen LogP contribution in [0.15, 0.2) is 42.5 Å². The summed E-state index contributed by atoms with van der Waals surface area (Å²) >= 11 is 12.0. The zero-order valence-electron chi connectivity index (χ0n) is 14.9. The lowest BCUT2D eigenvalue weighted by molar-refractivity contribution is 0.0663. The molecule has 2 aromatic carbocycles. The van der Waals surface area contributed by atoms with Gasteiger partial charge in [0, 0.05) is 43.4 Å². The third kappa shape index (κ3) is 5.27. The Kier molecular flexibility index (Phi) is 6.65. The summed E-state index contributed by atoms with van der Waals surface area (Å²) in [5, 5.41) is 11.3. The van der Waals surface area contributed by atoms with Gasteiger partial charge in [-0.3, -0.25) is 4.90 Å². The highest BCUT2D eigenvalue weighted by atomic mass is 35.5. The fraction of sp³-hybridized carbons (Fsp3) is 0.400. The number of benzene rings is 2. The van der Waals surface area contributed by atoms with Gasteiger partial charge in [-0.1, -0.05) is 40.9 Å². The van der Waals surface area contributed by atoms with Gasteiger partial charge in [-0.25, -0.2) is 0 Å². The molecule has 0 spiro atoms. The van der Waals surface area contributed by atoms with E-state index in [4.69, 9.17) is 27.9 Å². The van der Waals surface area contributed by atoms with Crippen LogP contribution in [0.4, 0.5) is 5.69 Å².